The number of aromatic carboxylic acids is 1. The Morgan fingerprint density at radius 3 is 2.20 bits per heavy atom. The molecule has 0 spiro atoms. The number of para-hydroxylation sites is 2. The lowest BCUT2D eigenvalue weighted by molar-refractivity contribution is 0.0697. The quantitative estimate of drug-likeness (QED) is 0.502. The molecule has 0 unspecified atom stereocenters. The molecule has 7 nitrogen and oxygen atoms in total. The van der Waals surface area contributed by atoms with Crippen molar-refractivity contribution in [3.8, 4) is 11.5 Å². The number of aryl methyl sites for hydroxylation is 1. The summed E-state index contributed by atoms with van der Waals surface area (Å²) in [6.45, 7) is 2.25. The summed E-state index contributed by atoms with van der Waals surface area (Å²) in [6.07, 6.45) is 0. The van der Waals surface area contributed by atoms with Crippen molar-refractivity contribution in [1.82, 2.24) is 0 Å². The molecular formula is C22H21NO6S. The largest absolute Gasteiger partial charge is 0.490 e. The van der Waals surface area contributed by atoms with Crippen molar-refractivity contribution in [2.24, 2.45) is 0 Å². The Kier molecular flexibility index (Phi) is 6.58. The van der Waals surface area contributed by atoms with Crippen LogP contribution in [0.3, 0.4) is 0 Å². The summed E-state index contributed by atoms with van der Waals surface area (Å²) in [7, 11) is -3.75. The molecule has 0 atom stereocenters. The third-order valence-electron chi connectivity index (χ3n) is 4.17. The van der Waals surface area contributed by atoms with Gasteiger partial charge in [-0.3, -0.25) is 4.72 Å². The van der Waals surface area contributed by atoms with Crippen LogP contribution in [0.15, 0.2) is 77.7 Å². The molecule has 3 aromatic carbocycles. The Morgan fingerprint density at radius 1 is 0.900 bits per heavy atom. The Labute approximate surface area is 174 Å². The van der Waals surface area contributed by atoms with Gasteiger partial charge in [0.25, 0.3) is 10.0 Å². The first-order valence-corrected chi connectivity index (χ1v) is 10.6. The minimum Gasteiger partial charge on any atom is -0.490 e. The summed E-state index contributed by atoms with van der Waals surface area (Å²) in [5, 5.41) is 8.90. The zero-order valence-electron chi connectivity index (χ0n) is 16.2. The predicted octanol–water partition coefficient (Wildman–Crippen LogP) is 3.95. The molecule has 0 saturated carbocycles. The van der Waals surface area contributed by atoms with Crippen molar-refractivity contribution in [3.05, 3.63) is 83.9 Å². The van der Waals surface area contributed by atoms with Crippen LogP contribution in [0, 0.1) is 6.92 Å². The number of hydrogen-bond acceptors (Lipinski definition) is 5. The van der Waals surface area contributed by atoms with Crippen molar-refractivity contribution in [1.29, 1.82) is 0 Å². The maximum absolute atomic E-state index is 12.6. The summed E-state index contributed by atoms with van der Waals surface area (Å²) in [4.78, 5) is 11.0. The third kappa shape index (κ3) is 5.51. The molecule has 8 heteroatoms. The second-order valence-corrected chi connectivity index (χ2v) is 8.12. The van der Waals surface area contributed by atoms with Gasteiger partial charge < -0.3 is 14.6 Å². The molecule has 3 aromatic rings. The first-order valence-electron chi connectivity index (χ1n) is 9.12. The molecular weight excluding hydrogens is 406 g/mol. The molecule has 0 radical (unpaired) electrons. The Bertz CT molecular complexity index is 1110. The van der Waals surface area contributed by atoms with Crippen LogP contribution in [0.4, 0.5) is 5.69 Å². The molecule has 0 aliphatic rings. The van der Waals surface area contributed by atoms with Gasteiger partial charge in [-0.15, -0.1) is 0 Å². The van der Waals surface area contributed by atoms with Crippen molar-refractivity contribution >= 4 is 21.7 Å². The fraction of sp³-hybridized carbons (Fsp3) is 0.136. The Balaban J connectivity index is 1.60. The number of ether oxygens (including phenoxy) is 2. The molecule has 0 bridgehead atoms. The lowest BCUT2D eigenvalue weighted by atomic mass is 10.2. The van der Waals surface area contributed by atoms with Crippen molar-refractivity contribution in [2.75, 3.05) is 17.9 Å². The van der Waals surface area contributed by atoms with Gasteiger partial charge in [0.1, 0.15) is 24.7 Å². The van der Waals surface area contributed by atoms with Gasteiger partial charge in [-0.05, 0) is 55.5 Å². The van der Waals surface area contributed by atoms with E-state index in [-0.39, 0.29) is 23.7 Å². The van der Waals surface area contributed by atoms with Gasteiger partial charge in [0.2, 0.25) is 0 Å². The van der Waals surface area contributed by atoms with Gasteiger partial charge in [-0.2, -0.15) is 0 Å². The monoisotopic (exact) mass is 427 g/mol. The SMILES string of the molecule is Cc1ccc(S(=O)(=O)Nc2ccccc2OCCOc2ccc(C(=O)O)cc2)cc1. The summed E-state index contributed by atoms with van der Waals surface area (Å²) in [5.74, 6) is -0.121. The zero-order valence-corrected chi connectivity index (χ0v) is 17.1. The van der Waals surface area contributed by atoms with Gasteiger partial charge in [-0.1, -0.05) is 29.8 Å². The number of anilines is 1. The van der Waals surface area contributed by atoms with Gasteiger partial charge >= 0.3 is 5.97 Å². The summed E-state index contributed by atoms with van der Waals surface area (Å²) in [5.41, 5.74) is 1.47. The zero-order chi connectivity index (χ0) is 21.6. The number of sulfonamides is 1. The second-order valence-electron chi connectivity index (χ2n) is 6.44. The standard InChI is InChI=1S/C22H21NO6S/c1-16-6-12-19(13-7-16)30(26,27)23-20-4-2-3-5-21(20)29-15-14-28-18-10-8-17(9-11-18)22(24)25/h2-13,23H,14-15H2,1H3,(H,24,25). The molecule has 2 N–H and O–H groups in total. The number of rotatable bonds is 9. The highest BCUT2D eigenvalue weighted by atomic mass is 32.2. The Hall–Kier alpha value is -3.52. The fourth-order valence-electron chi connectivity index (χ4n) is 2.60. The number of carboxylic acids is 1. The van der Waals surface area contributed by atoms with Crippen LogP contribution in [0.5, 0.6) is 11.5 Å². The number of hydrogen-bond donors (Lipinski definition) is 2. The van der Waals surface area contributed by atoms with E-state index in [2.05, 4.69) is 4.72 Å². The van der Waals surface area contributed by atoms with Crippen LogP contribution >= 0.6 is 0 Å². The minimum atomic E-state index is -3.75. The molecule has 0 heterocycles. The molecule has 0 fully saturated rings. The maximum Gasteiger partial charge on any atom is 0.335 e. The van der Waals surface area contributed by atoms with Crippen LogP contribution in [-0.2, 0) is 10.0 Å². The van der Waals surface area contributed by atoms with Crippen LogP contribution in [-0.4, -0.2) is 32.7 Å². The van der Waals surface area contributed by atoms with E-state index in [0.29, 0.717) is 17.2 Å². The lowest BCUT2D eigenvalue weighted by Gasteiger charge is -2.14. The first kappa shape index (κ1) is 21.2. The van der Waals surface area contributed by atoms with E-state index >= 15 is 0 Å². The molecule has 30 heavy (non-hydrogen) atoms. The average Bonchev–Trinajstić information content (AvgIpc) is 2.73. The van der Waals surface area contributed by atoms with E-state index in [4.69, 9.17) is 14.6 Å². The van der Waals surface area contributed by atoms with Gasteiger partial charge in [0.15, 0.2) is 0 Å². The average molecular weight is 427 g/mol. The van der Waals surface area contributed by atoms with Crippen molar-refractivity contribution < 1.29 is 27.8 Å². The van der Waals surface area contributed by atoms with Gasteiger partial charge in [-0.25, -0.2) is 13.2 Å². The summed E-state index contributed by atoms with van der Waals surface area (Å²) < 4.78 is 39.0. The summed E-state index contributed by atoms with van der Waals surface area (Å²) in [6, 6.07) is 19.3. The maximum atomic E-state index is 12.6. The predicted molar refractivity (Wildman–Crippen MR) is 113 cm³/mol. The highest BCUT2D eigenvalue weighted by Gasteiger charge is 2.16. The molecule has 0 aliphatic heterocycles. The van der Waals surface area contributed by atoms with Gasteiger partial charge in [0, 0.05) is 0 Å². The third-order valence-corrected chi connectivity index (χ3v) is 5.55. The minimum absolute atomic E-state index is 0.163. The molecule has 0 saturated heterocycles. The van der Waals surface area contributed by atoms with E-state index < -0.39 is 16.0 Å². The smallest absolute Gasteiger partial charge is 0.335 e. The topological polar surface area (TPSA) is 102 Å². The number of nitrogens with one attached hydrogen (secondary N) is 1. The van der Waals surface area contributed by atoms with E-state index in [1.807, 2.05) is 6.92 Å². The summed E-state index contributed by atoms with van der Waals surface area (Å²) >= 11 is 0. The number of benzene rings is 3. The van der Waals surface area contributed by atoms with Crippen molar-refractivity contribution in [3.63, 3.8) is 0 Å². The van der Waals surface area contributed by atoms with Gasteiger partial charge in [0.05, 0.1) is 16.1 Å². The normalized spacial score (nSPS) is 11.0. The molecule has 156 valence electrons. The molecule has 3 rings (SSSR count). The van der Waals surface area contributed by atoms with E-state index in [0.717, 1.165) is 5.56 Å². The van der Waals surface area contributed by atoms with E-state index in [1.165, 1.54) is 12.1 Å². The number of carbonyl (C=O) groups is 1. The van der Waals surface area contributed by atoms with Crippen LogP contribution in [0.2, 0.25) is 0 Å². The van der Waals surface area contributed by atoms with Crippen molar-refractivity contribution in [2.45, 2.75) is 11.8 Å². The van der Waals surface area contributed by atoms with E-state index in [1.54, 1.807) is 60.7 Å². The van der Waals surface area contributed by atoms with Crippen LogP contribution < -0.4 is 14.2 Å². The number of carboxylic acid groups (broad SMARTS) is 1. The highest BCUT2D eigenvalue weighted by molar-refractivity contribution is 7.92. The second kappa shape index (κ2) is 9.32. The van der Waals surface area contributed by atoms with E-state index in [9.17, 15) is 13.2 Å². The first-order chi connectivity index (χ1) is 14.3. The Morgan fingerprint density at radius 2 is 1.53 bits per heavy atom. The fourth-order valence-corrected chi connectivity index (χ4v) is 3.67. The molecule has 0 aromatic heterocycles. The van der Waals surface area contributed by atoms with Crippen LogP contribution in [0.25, 0.3) is 0 Å². The highest BCUT2D eigenvalue weighted by Crippen LogP contribution is 2.26. The van der Waals surface area contributed by atoms with Crippen LogP contribution in [0.1, 0.15) is 15.9 Å². The molecule has 0 amide bonds. The lowest BCUT2D eigenvalue weighted by Crippen LogP contribution is -2.15. The molecule has 0 aliphatic carbocycles.